The van der Waals surface area contributed by atoms with Gasteiger partial charge in [0.05, 0.1) is 0 Å². The average Bonchev–Trinajstić information content (AvgIpc) is 2.23. The van der Waals surface area contributed by atoms with E-state index in [-0.39, 0.29) is 0 Å². The normalized spacial score (nSPS) is 24.1. The van der Waals surface area contributed by atoms with Gasteiger partial charge in [-0.3, -0.25) is 0 Å². The lowest BCUT2D eigenvalue weighted by atomic mass is 10.0. The molecule has 0 aliphatic carbocycles. The molecular formula is C10H9F2NO2. The number of carbonyl (C=O) groups excluding carboxylic acids is 1. The topological polar surface area (TPSA) is 38.3 Å². The summed E-state index contributed by atoms with van der Waals surface area (Å²) in [5, 5.41) is 2.11. The van der Waals surface area contributed by atoms with Gasteiger partial charge in [-0.15, -0.1) is 0 Å². The number of benzene rings is 1. The van der Waals surface area contributed by atoms with E-state index in [1.54, 1.807) is 30.3 Å². The van der Waals surface area contributed by atoms with Crippen molar-refractivity contribution in [3.63, 3.8) is 0 Å². The first-order valence-corrected chi connectivity index (χ1v) is 4.46. The molecule has 80 valence electrons. The van der Waals surface area contributed by atoms with Crippen LogP contribution in [-0.2, 0) is 4.74 Å². The Balaban J connectivity index is 2.29. The van der Waals surface area contributed by atoms with Crippen molar-refractivity contribution in [3.8, 4) is 0 Å². The van der Waals surface area contributed by atoms with Crippen LogP contribution in [0.3, 0.4) is 0 Å². The van der Waals surface area contributed by atoms with Crippen LogP contribution >= 0.6 is 0 Å². The maximum absolute atomic E-state index is 13.4. The molecule has 1 aromatic rings. The highest BCUT2D eigenvalue weighted by molar-refractivity contribution is 5.69. The van der Waals surface area contributed by atoms with E-state index in [4.69, 9.17) is 0 Å². The fraction of sp³-hybridized carbons (Fsp3) is 0.300. The Labute approximate surface area is 85.0 Å². The lowest BCUT2D eigenvalue weighted by Gasteiger charge is -2.31. The molecule has 1 heterocycles. The molecule has 1 atom stereocenters. The summed E-state index contributed by atoms with van der Waals surface area (Å²) in [5.74, 6) is -3.07. The maximum Gasteiger partial charge on any atom is 0.408 e. The molecule has 0 radical (unpaired) electrons. The van der Waals surface area contributed by atoms with Crippen LogP contribution in [0.5, 0.6) is 0 Å². The van der Waals surface area contributed by atoms with E-state index in [0.29, 0.717) is 5.56 Å². The van der Waals surface area contributed by atoms with Gasteiger partial charge in [-0.25, -0.2) is 13.6 Å². The van der Waals surface area contributed by atoms with Gasteiger partial charge in [0.2, 0.25) is 0 Å². The first-order chi connectivity index (χ1) is 7.09. The van der Waals surface area contributed by atoms with E-state index in [2.05, 4.69) is 10.1 Å². The molecule has 15 heavy (non-hydrogen) atoms. The highest BCUT2D eigenvalue weighted by Gasteiger charge is 2.46. The molecule has 0 aromatic heterocycles. The average molecular weight is 213 g/mol. The van der Waals surface area contributed by atoms with Gasteiger partial charge in [0.25, 0.3) is 0 Å². The summed E-state index contributed by atoms with van der Waals surface area (Å²) in [7, 11) is 0. The molecule has 1 aliphatic heterocycles. The first kappa shape index (κ1) is 9.89. The van der Waals surface area contributed by atoms with Gasteiger partial charge in [-0.05, 0) is 5.56 Å². The second-order valence-corrected chi connectivity index (χ2v) is 3.33. The third-order valence-electron chi connectivity index (χ3n) is 2.21. The van der Waals surface area contributed by atoms with Gasteiger partial charge < -0.3 is 10.1 Å². The van der Waals surface area contributed by atoms with E-state index >= 15 is 0 Å². The van der Waals surface area contributed by atoms with Crippen molar-refractivity contribution in [2.75, 3.05) is 6.61 Å². The zero-order valence-corrected chi connectivity index (χ0v) is 7.74. The summed E-state index contributed by atoms with van der Waals surface area (Å²) < 4.78 is 31.0. The molecule has 1 saturated heterocycles. The number of rotatable bonds is 1. The van der Waals surface area contributed by atoms with Crippen LogP contribution in [0, 0.1) is 0 Å². The van der Waals surface area contributed by atoms with E-state index in [1.807, 2.05) is 0 Å². The predicted octanol–water partition coefficient (Wildman–Crippen LogP) is 2.10. The van der Waals surface area contributed by atoms with Crippen LogP contribution < -0.4 is 5.32 Å². The molecule has 0 bridgehead atoms. The van der Waals surface area contributed by atoms with Crippen molar-refractivity contribution in [1.82, 2.24) is 5.32 Å². The third-order valence-corrected chi connectivity index (χ3v) is 2.21. The minimum absolute atomic E-state index is 0.374. The van der Waals surface area contributed by atoms with Gasteiger partial charge in [-0.1, -0.05) is 30.3 Å². The molecular weight excluding hydrogens is 204 g/mol. The Morgan fingerprint density at radius 2 is 2.00 bits per heavy atom. The minimum atomic E-state index is -3.07. The third kappa shape index (κ3) is 1.91. The van der Waals surface area contributed by atoms with Crippen molar-refractivity contribution >= 4 is 6.09 Å². The number of halogens is 2. The second kappa shape index (κ2) is 3.49. The number of amides is 1. The number of alkyl carbamates (subject to hydrolysis) is 1. The molecule has 5 heteroatoms. The van der Waals surface area contributed by atoms with Crippen LogP contribution in [0.1, 0.15) is 11.6 Å². The van der Waals surface area contributed by atoms with Crippen molar-refractivity contribution in [2.45, 2.75) is 12.0 Å². The Morgan fingerprint density at radius 3 is 2.67 bits per heavy atom. The Hall–Kier alpha value is -1.65. The number of carbonyl (C=O) groups is 1. The number of ether oxygens (including phenoxy) is 1. The van der Waals surface area contributed by atoms with E-state index < -0.39 is 24.7 Å². The number of nitrogens with one attached hydrogen (secondary N) is 1. The van der Waals surface area contributed by atoms with Crippen molar-refractivity contribution in [2.24, 2.45) is 0 Å². The number of hydrogen-bond acceptors (Lipinski definition) is 2. The van der Waals surface area contributed by atoms with Gasteiger partial charge in [0.1, 0.15) is 6.04 Å². The van der Waals surface area contributed by atoms with Gasteiger partial charge in [-0.2, -0.15) is 0 Å². The largest absolute Gasteiger partial charge is 0.443 e. The van der Waals surface area contributed by atoms with Gasteiger partial charge >= 0.3 is 12.0 Å². The van der Waals surface area contributed by atoms with Crippen LogP contribution in [-0.4, -0.2) is 18.6 Å². The monoisotopic (exact) mass is 213 g/mol. The molecule has 0 saturated carbocycles. The molecule has 0 unspecified atom stereocenters. The van der Waals surface area contributed by atoms with Crippen LogP contribution in [0.2, 0.25) is 0 Å². The smallest absolute Gasteiger partial charge is 0.408 e. The summed E-state index contributed by atoms with van der Waals surface area (Å²) in [4.78, 5) is 10.9. The van der Waals surface area contributed by atoms with Crippen LogP contribution in [0.15, 0.2) is 30.3 Å². The summed E-state index contributed by atoms with van der Waals surface area (Å²) in [6.07, 6.45) is -0.810. The van der Waals surface area contributed by atoms with E-state index in [9.17, 15) is 13.6 Å². The van der Waals surface area contributed by atoms with E-state index in [1.165, 1.54) is 0 Å². The number of hydrogen-bond donors (Lipinski definition) is 1. The quantitative estimate of drug-likeness (QED) is 0.775. The minimum Gasteiger partial charge on any atom is -0.443 e. The number of cyclic esters (lactones) is 1. The molecule has 3 nitrogen and oxygen atoms in total. The number of alkyl halides is 2. The first-order valence-electron chi connectivity index (χ1n) is 4.46. The molecule has 2 rings (SSSR count). The fourth-order valence-corrected chi connectivity index (χ4v) is 1.48. The highest BCUT2D eigenvalue weighted by atomic mass is 19.3. The van der Waals surface area contributed by atoms with Gasteiger partial charge in [0.15, 0.2) is 6.61 Å². The van der Waals surface area contributed by atoms with Gasteiger partial charge in [0, 0.05) is 0 Å². The Bertz CT molecular complexity index is 367. The SMILES string of the molecule is O=C1N[C@H](c2ccccc2)C(F)(F)CO1. The standard InChI is InChI=1S/C10H9F2NO2/c11-10(12)6-15-9(14)13-8(10)7-4-2-1-3-5-7/h1-5,8H,6H2,(H,13,14)/t8-/m1/s1. The summed E-state index contributed by atoms with van der Waals surface area (Å²) in [6.45, 7) is -0.877. The fourth-order valence-electron chi connectivity index (χ4n) is 1.48. The molecule has 1 amide bonds. The Kier molecular flexibility index (Phi) is 2.30. The predicted molar refractivity (Wildman–Crippen MR) is 48.6 cm³/mol. The Morgan fingerprint density at radius 1 is 1.33 bits per heavy atom. The van der Waals surface area contributed by atoms with Crippen molar-refractivity contribution < 1.29 is 18.3 Å². The van der Waals surface area contributed by atoms with Crippen LogP contribution in [0.4, 0.5) is 13.6 Å². The van der Waals surface area contributed by atoms with Crippen molar-refractivity contribution in [1.29, 1.82) is 0 Å². The lowest BCUT2D eigenvalue weighted by molar-refractivity contribution is -0.104. The molecule has 1 fully saturated rings. The maximum atomic E-state index is 13.4. The molecule has 1 aliphatic rings. The van der Waals surface area contributed by atoms with E-state index in [0.717, 1.165) is 0 Å². The molecule has 1 N–H and O–H groups in total. The summed E-state index contributed by atoms with van der Waals surface area (Å²) in [6, 6.07) is 6.80. The zero-order valence-electron chi connectivity index (χ0n) is 7.74. The second-order valence-electron chi connectivity index (χ2n) is 3.33. The summed E-state index contributed by atoms with van der Waals surface area (Å²) >= 11 is 0. The zero-order chi connectivity index (χ0) is 10.9. The van der Waals surface area contributed by atoms with Crippen LogP contribution in [0.25, 0.3) is 0 Å². The molecule has 0 spiro atoms. The van der Waals surface area contributed by atoms with Crippen molar-refractivity contribution in [3.05, 3.63) is 35.9 Å². The molecule has 1 aromatic carbocycles. The highest BCUT2D eigenvalue weighted by Crippen LogP contribution is 2.34. The summed E-state index contributed by atoms with van der Waals surface area (Å²) in [5.41, 5.74) is 0.374. The lowest BCUT2D eigenvalue weighted by Crippen LogP contribution is -2.49.